The van der Waals surface area contributed by atoms with E-state index in [9.17, 15) is 9.90 Å². The van der Waals surface area contributed by atoms with Gasteiger partial charge in [0.25, 0.3) is 0 Å². The number of carboxylic acid groups (broad SMARTS) is 1. The van der Waals surface area contributed by atoms with Crippen LogP contribution in [0.3, 0.4) is 0 Å². The van der Waals surface area contributed by atoms with Crippen molar-refractivity contribution < 1.29 is 15.0 Å². The van der Waals surface area contributed by atoms with Crippen LogP contribution in [0.2, 0.25) is 5.02 Å². The summed E-state index contributed by atoms with van der Waals surface area (Å²) < 4.78 is 0. The molecule has 32 heavy (non-hydrogen) atoms. The molecule has 4 heteroatoms. The summed E-state index contributed by atoms with van der Waals surface area (Å²) in [5.41, 5.74) is 7.27. The van der Waals surface area contributed by atoms with Gasteiger partial charge >= 0.3 is 5.97 Å². The lowest BCUT2D eigenvalue weighted by molar-refractivity contribution is -0.131. The highest BCUT2D eigenvalue weighted by molar-refractivity contribution is 6.32. The average Bonchev–Trinajstić information content (AvgIpc) is 3.63. The van der Waals surface area contributed by atoms with E-state index in [-0.39, 0.29) is 5.75 Å². The van der Waals surface area contributed by atoms with E-state index in [0.717, 1.165) is 50.9 Å². The van der Waals surface area contributed by atoms with Crippen molar-refractivity contribution in [2.24, 2.45) is 0 Å². The van der Waals surface area contributed by atoms with Crippen molar-refractivity contribution >= 4 is 34.8 Å². The summed E-state index contributed by atoms with van der Waals surface area (Å²) >= 11 is 6.78. The van der Waals surface area contributed by atoms with Crippen molar-refractivity contribution in [3.05, 3.63) is 106 Å². The molecule has 0 atom stereocenters. The Kier molecular flexibility index (Phi) is 6.48. The van der Waals surface area contributed by atoms with E-state index in [4.69, 9.17) is 16.7 Å². The van der Waals surface area contributed by atoms with Crippen molar-refractivity contribution in [1.82, 2.24) is 0 Å². The van der Waals surface area contributed by atoms with Crippen LogP contribution in [-0.4, -0.2) is 16.2 Å². The third-order valence-electron chi connectivity index (χ3n) is 5.80. The Labute approximate surface area is 193 Å². The molecule has 0 radical (unpaired) electrons. The number of phenols is 1. The van der Waals surface area contributed by atoms with E-state index in [0.29, 0.717) is 5.92 Å². The predicted molar refractivity (Wildman–Crippen MR) is 131 cm³/mol. The molecule has 4 rings (SSSR count). The Hall–Kier alpha value is -3.30. The van der Waals surface area contributed by atoms with Crippen LogP contribution in [0, 0.1) is 0 Å². The molecule has 1 saturated carbocycles. The standard InChI is InChI=1S/C28H25ClO3/c1-2-24(25-15-12-22(17-26(25)29)19-8-9-19)28(21-10-13-23(30)14-11-21)20-6-3-18(4-7-20)5-16-27(31)32/h3-7,10-17,19,30H,2,8-9H2,1H3,(H,31,32)/b16-5+,28-24+. The molecule has 162 valence electrons. The van der Waals surface area contributed by atoms with Gasteiger partial charge in [-0.2, -0.15) is 0 Å². The number of benzene rings is 3. The fraction of sp³-hybridized carbons (Fsp3) is 0.179. The van der Waals surface area contributed by atoms with Gasteiger partial charge in [-0.05, 0) is 88.4 Å². The Bertz CT molecular complexity index is 1180. The van der Waals surface area contributed by atoms with Crippen molar-refractivity contribution in [1.29, 1.82) is 0 Å². The van der Waals surface area contributed by atoms with Gasteiger partial charge in [0, 0.05) is 11.1 Å². The molecule has 1 aliphatic rings. The normalized spacial score (nSPS) is 14.4. The van der Waals surface area contributed by atoms with Gasteiger partial charge in [0.2, 0.25) is 0 Å². The molecular weight excluding hydrogens is 420 g/mol. The van der Waals surface area contributed by atoms with Gasteiger partial charge in [0.15, 0.2) is 0 Å². The molecule has 0 unspecified atom stereocenters. The Morgan fingerprint density at radius 3 is 2.16 bits per heavy atom. The van der Waals surface area contributed by atoms with Crippen LogP contribution in [0.4, 0.5) is 0 Å². The third-order valence-corrected chi connectivity index (χ3v) is 6.11. The van der Waals surface area contributed by atoms with E-state index < -0.39 is 5.97 Å². The third kappa shape index (κ3) is 4.95. The zero-order valence-electron chi connectivity index (χ0n) is 17.9. The number of aliphatic carboxylic acids is 1. The van der Waals surface area contributed by atoms with Crippen LogP contribution >= 0.6 is 11.6 Å². The molecule has 1 fully saturated rings. The van der Waals surface area contributed by atoms with E-state index in [1.54, 1.807) is 18.2 Å². The summed E-state index contributed by atoms with van der Waals surface area (Å²) in [4.78, 5) is 10.8. The zero-order valence-corrected chi connectivity index (χ0v) is 18.6. The minimum atomic E-state index is -0.976. The molecule has 0 saturated heterocycles. The summed E-state index contributed by atoms with van der Waals surface area (Å²) in [6.07, 6.45) is 5.94. The van der Waals surface area contributed by atoms with Gasteiger partial charge in [-0.3, -0.25) is 0 Å². The minimum absolute atomic E-state index is 0.215. The van der Waals surface area contributed by atoms with Gasteiger partial charge in [0.1, 0.15) is 5.75 Å². The number of carbonyl (C=O) groups is 1. The molecule has 0 amide bonds. The van der Waals surface area contributed by atoms with Gasteiger partial charge in [-0.15, -0.1) is 0 Å². The summed E-state index contributed by atoms with van der Waals surface area (Å²) in [5, 5.41) is 19.4. The number of allylic oxidation sites excluding steroid dienone is 1. The summed E-state index contributed by atoms with van der Waals surface area (Å²) in [7, 11) is 0. The van der Waals surface area contributed by atoms with E-state index in [2.05, 4.69) is 25.1 Å². The highest BCUT2D eigenvalue weighted by Gasteiger charge is 2.24. The molecule has 0 aliphatic heterocycles. The molecule has 0 aromatic heterocycles. The number of hydrogen-bond donors (Lipinski definition) is 2. The number of halogens is 1. The number of rotatable bonds is 7. The van der Waals surface area contributed by atoms with Gasteiger partial charge < -0.3 is 10.2 Å². The van der Waals surface area contributed by atoms with E-state index in [1.165, 1.54) is 18.4 Å². The molecule has 2 N–H and O–H groups in total. The van der Waals surface area contributed by atoms with Crippen LogP contribution in [-0.2, 0) is 4.79 Å². The van der Waals surface area contributed by atoms with Gasteiger partial charge in [-0.25, -0.2) is 4.79 Å². The topological polar surface area (TPSA) is 57.5 Å². The van der Waals surface area contributed by atoms with Gasteiger partial charge in [0.05, 0.1) is 0 Å². The van der Waals surface area contributed by atoms with Gasteiger partial charge in [-0.1, -0.05) is 67.1 Å². The minimum Gasteiger partial charge on any atom is -0.508 e. The Morgan fingerprint density at radius 2 is 1.62 bits per heavy atom. The second kappa shape index (κ2) is 9.46. The smallest absolute Gasteiger partial charge is 0.328 e. The SMILES string of the molecule is CC/C(=C(\c1ccc(O)cc1)c1ccc(/C=C/C(=O)O)cc1)c1ccc(C2CC2)cc1Cl. The van der Waals surface area contributed by atoms with Crippen LogP contribution in [0.1, 0.15) is 59.9 Å². The predicted octanol–water partition coefficient (Wildman–Crippen LogP) is 7.39. The number of phenolic OH excluding ortho intramolecular Hbond substituents is 1. The lowest BCUT2D eigenvalue weighted by Crippen LogP contribution is -1.96. The molecule has 3 aromatic carbocycles. The molecular formula is C28H25ClO3. The quantitative estimate of drug-likeness (QED) is 0.295. The van der Waals surface area contributed by atoms with Crippen molar-refractivity contribution in [3.63, 3.8) is 0 Å². The number of carboxylic acids is 1. The van der Waals surface area contributed by atoms with Crippen molar-refractivity contribution in [2.75, 3.05) is 0 Å². The Balaban J connectivity index is 1.85. The largest absolute Gasteiger partial charge is 0.508 e. The molecule has 3 aromatic rings. The van der Waals surface area contributed by atoms with E-state index >= 15 is 0 Å². The lowest BCUT2D eigenvalue weighted by atomic mass is 9.87. The molecule has 0 heterocycles. The number of aromatic hydroxyl groups is 1. The highest BCUT2D eigenvalue weighted by atomic mass is 35.5. The molecule has 0 bridgehead atoms. The van der Waals surface area contributed by atoms with Crippen molar-refractivity contribution in [2.45, 2.75) is 32.1 Å². The summed E-state index contributed by atoms with van der Waals surface area (Å²) in [6, 6.07) is 21.4. The number of hydrogen-bond acceptors (Lipinski definition) is 2. The first-order chi connectivity index (χ1) is 15.5. The second-order valence-electron chi connectivity index (χ2n) is 8.06. The highest BCUT2D eigenvalue weighted by Crippen LogP contribution is 2.43. The molecule has 1 aliphatic carbocycles. The summed E-state index contributed by atoms with van der Waals surface area (Å²) in [5.74, 6) is -0.123. The first kappa shape index (κ1) is 21.9. The first-order valence-electron chi connectivity index (χ1n) is 10.8. The lowest BCUT2D eigenvalue weighted by Gasteiger charge is -2.18. The van der Waals surface area contributed by atoms with Crippen LogP contribution in [0.25, 0.3) is 17.2 Å². The fourth-order valence-electron chi connectivity index (χ4n) is 4.02. The molecule has 3 nitrogen and oxygen atoms in total. The van der Waals surface area contributed by atoms with E-state index in [1.807, 2.05) is 36.4 Å². The van der Waals surface area contributed by atoms with Crippen LogP contribution < -0.4 is 0 Å². The average molecular weight is 445 g/mol. The second-order valence-corrected chi connectivity index (χ2v) is 8.47. The summed E-state index contributed by atoms with van der Waals surface area (Å²) in [6.45, 7) is 2.12. The molecule has 0 spiro atoms. The fourth-order valence-corrected chi connectivity index (χ4v) is 4.32. The zero-order chi connectivity index (χ0) is 22.7. The maximum Gasteiger partial charge on any atom is 0.328 e. The maximum atomic E-state index is 10.8. The monoisotopic (exact) mass is 444 g/mol. The van der Waals surface area contributed by atoms with Crippen LogP contribution in [0.5, 0.6) is 5.75 Å². The Morgan fingerprint density at radius 1 is 1.00 bits per heavy atom. The van der Waals surface area contributed by atoms with Crippen molar-refractivity contribution in [3.8, 4) is 5.75 Å². The maximum absolute atomic E-state index is 10.8. The van der Waals surface area contributed by atoms with Crippen LogP contribution in [0.15, 0.2) is 72.8 Å². The first-order valence-corrected chi connectivity index (χ1v) is 11.2.